The number of aryl methyl sites for hydroxylation is 2. The maximum Gasteiger partial charge on any atom is 0.402 e. The minimum atomic E-state index is -4.90. The molecule has 6 aromatic carbocycles. The van der Waals surface area contributed by atoms with Crippen molar-refractivity contribution in [1.82, 2.24) is 4.90 Å². The summed E-state index contributed by atoms with van der Waals surface area (Å²) in [5.74, 6) is -1.59. The van der Waals surface area contributed by atoms with Crippen LogP contribution in [0.1, 0.15) is 96.3 Å². The van der Waals surface area contributed by atoms with Crippen molar-refractivity contribution in [2.75, 3.05) is 25.2 Å². The van der Waals surface area contributed by atoms with Gasteiger partial charge in [0.05, 0.1) is 63.9 Å². The Bertz CT molecular complexity index is 2940. The van der Waals surface area contributed by atoms with Crippen molar-refractivity contribution >= 4 is 52.1 Å². The summed E-state index contributed by atoms with van der Waals surface area (Å²) in [4.78, 5) is 54.4. The van der Waals surface area contributed by atoms with Gasteiger partial charge in [-0.1, -0.05) is 35.9 Å². The van der Waals surface area contributed by atoms with E-state index in [0.717, 1.165) is 83.2 Å². The molecule has 0 N–H and O–H groups in total. The van der Waals surface area contributed by atoms with E-state index in [-0.39, 0.29) is 39.1 Å². The highest BCUT2D eigenvalue weighted by Crippen LogP contribution is 2.48. The molecule has 0 saturated heterocycles. The third-order valence-electron chi connectivity index (χ3n) is 12.0. The Kier molecular flexibility index (Phi) is 12.9. The Balaban J connectivity index is 0.803. The number of unbranched alkanes of at least 4 members (excludes halogenated alkanes) is 3. The van der Waals surface area contributed by atoms with Crippen LogP contribution in [-0.4, -0.2) is 55.0 Å². The zero-order valence-corrected chi connectivity index (χ0v) is 37.1. The average Bonchev–Trinajstić information content (AvgIpc) is 3.70. The fraction of sp³-hybridized carbons (Fsp3) is 0.231. The second kappa shape index (κ2) is 19.0. The van der Waals surface area contributed by atoms with E-state index in [1.54, 1.807) is 18.2 Å². The number of azo groups is 2. The number of carbonyl (C=O) groups is 4. The number of alkyl halides is 3. The molecule has 4 amide bonds. The zero-order valence-electron chi connectivity index (χ0n) is 37.1. The summed E-state index contributed by atoms with van der Waals surface area (Å²) in [5, 5.41) is 17.2. The van der Waals surface area contributed by atoms with Gasteiger partial charge in [-0.25, -0.2) is 4.90 Å². The molecular formula is C52H45F3N6O6. The van der Waals surface area contributed by atoms with Crippen molar-refractivity contribution in [3.8, 4) is 11.5 Å². The lowest BCUT2D eigenvalue weighted by atomic mass is 9.74. The van der Waals surface area contributed by atoms with E-state index in [1.165, 1.54) is 25.2 Å². The van der Waals surface area contributed by atoms with Crippen molar-refractivity contribution in [3.63, 3.8) is 0 Å². The molecule has 67 heavy (non-hydrogen) atoms. The number of halogens is 3. The van der Waals surface area contributed by atoms with Crippen LogP contribution in [0.3, 0.4) is 0 Å². The first-order chi connectivity index (χ1) is 32.1. The highest BCUT2D eigenvalue weighted by Gasteiger charge is 2.55. The molecule has 2 aliphatic heterocycles. The monoisotopic (exact) mass is 906 g/mol. The Morgan fingerprint density at radius 2 is 0.955 bits per heavy atom. The third kappa shape index (κ3) is 9.48. The number of benzene rings is 6. The van der Waals surface area contributed by atoms with Gasteiger partial charge < -0.3 is 9.47 Å². The summed E-state index contributed by atoms with van der Waals surface area (Å²) in [7, 11) is 1.26. The number of ether oxygens (including phenoxy) is 2. The highest BCUT2D eigenvalue weighted by molar-refractivity contribution is 6.34. The second-order valence-electron chi connectivity index (χ2n) is 16.6. The predicted octanol–water partition coefficient (Wildman–Crippen LogP) is 13.0. The molecule has 15 heteroatoms. The minimum absolute atomic E-state index is 0.00733. The summed E-state index contributed by atoms with van der Waals surface area (Å²) in [6, 6.07) is 34.3. The standard InChI is InChI=1S/C52H45F3N6O6/c1-32-9-14-36(15-10-32)56-57-37-16-18-38(19-17-37)58-59-39-20-23-41(24-21-39)66-27-7-5-6-8-28-67-46-31-40(22-11-33(46)2)61-49(64)43-26-13-35(30-45(43)50(61)65)51(3,52(53,54)55)34-12-25-42-44(29-34)48(63)60(4)47(42)62/h9-26,29-31H,5-8,27-28H2,1-4H3. The molecule has 0 bridgehead atoms. The van der Waals surface area contributed by atoms with Gasteiger partial charge in [-0.2, -0.15) is 33.6 Å². The van der Waals surface area contributed by atoms with Crippen LogP contribution in [-0.2, 0) is 5.41 Å². The lowest BCUT2D eigenvalue weighted by Gasteiger charge is -2.33. The number of anilines is 1. The van der Waals surface area contributed by atoms with Gasteiger partial charge in [-0.05, 0) is 154 Å². The summed E-state index contributed by atoms with van der Waals surface area (Å²) in [5.41, 5.74) is 1.35. The topological polar surface area (TPSA) is 143 Å². The zero-order chi connectivity index (χ0) is 47.5. The fourth-order valence-electron chi connectivity index (χ4n) is 7.80. The van der Waals surface area contributed by atoms with Crippen molar-refractivity contribution in [2.24, 2.45) is 20.5 Å². The van der Waals surface area contributed by atoms with Crippen molar-refractivity contribution in [3.05, 3.63) is 172 Å². The molecule has 0 fully saturated rings. The SMILES string of the molecule is Cc1ccc(N=Nc2ccc(N=Nc3ccc(OCCCCCCOc4cc(N5C(=O)c6ccc(C(C)(c7ccc8c(c7)C(=O)N(C)C8=O)C(F)(F)F)cc6C5=O)ccc4C)cc3)cc2)cc1. The summed E-state index contributed by atoms with van der Waals surface area (Å²) >= 11 is 0. The van der Waals surface area contributed by atoms with E-state index in [2.05, 4.69) is 20.5 Å². The molecule has 6 aromatic rings. The van der Waals surface area contributed by atoms with Gasteiger partial charge in [0, 0.05) is 13.1 Å². The number of carbonyl (C=O) groups excluding carboxylic acids is 4. The first kappa shape index (κ1) is 45.7. The van der Waals surface area contributed by atoms with Crippen LogP contribution >= 0.6 is 0 Å². The highest BCUT2D eigenvalue weighted by atomic mass is 19.4. The van der Waals surface area contributed by atoms with Gasteiger partial charge in [-0.15, -0.1) is 0 Å². The van der Waals surface area contributed by atoms with Crippen LogP contribution in [0.15, 0.2) is 148 Å². The smallest absolute Gasteiger partial charge is 0.402 e. The fourth-order valence-corrected chi connectivity index (χ4v) is 7.80. The summed E-state index contributed by atoms with van der Waals surface area (Å²) < 4.78 is 57.2. The Labute approximate surface area is 384 Å². The number of nitrogens with zero attached hydrogens (tertiary/aromatic N) is 6. The molecular weight excluding hydrogens is 862 g/mol. The van der Waals surface area contributed by atoms with Gasteiger partial charge in [0.1, 0.15) is 16.9 Å². The maximum absolute atomic E-state index is 15.1. The van der Waals surface area contributed by atoms with Crippen molar-refractivity contribution in [1.29, 1.82) is 0 Å². The Morgan fingerprint density at radius 1 is 0.507 bits per heavy atom. The molecule has 1 atom stereocenters. The van der Waals surface area contributed by atoms with Gasteiger partial charge in [-0.3, -0.25) is 24.1 Å². The number of fused-ring (bicyclic) bond motifs is 2. The number of imide groups is 2. The first-order valence-corrected chi connectivity index (χ1v) is 21.7. The Hall–Kier alpha value is -7.81. The van der Waals surface area contributed by atoms with E-state index < -0.39 is 35.2 Å². The summed E-state index contributed by atoms with van der Waals surface area (Å²) in [6.07, 6.45) is -1.57. The second-order valence-corrected chi connectivity index (χ2v) is 16.6. The van der Waals surface area contributed by atoms with Crippen LogP contribution in [0.5, 0.6) is 11.5 Å². The molecule has 340 valence electrons. The molecule has 2 aliphatic rings. The van der Waals surface area contributed by atoms with Crippen LogP contribution in [0, 0.1) is 13.8 Å². The first-order valence-electron chi connectivity index (χ1n) is 21.7. The van der Waals surface area contributed by atoms with E-state index >= 15 is 13.2 Å². The quantitative estimate of drug-likeness (QED) is 0.0537. The van der Waals surface area contributed by atoms with Crippen LogP contribution < -0.4 is 14.4 Å². The van der Waals surface area contributed by atoms with Gasteiger partial charge in [0.2, 0.25) is 0 Å². The summed E-state index contributed by atoms with van der Waals surface area (Å²) in [6.45, 7) is 5.71. The molecule has 2 heterocycles. The average molecular weight is 907 g/mol. The molecule has 0 aromatic heterocycles. The lowest BCUT2D eigenvalue weighted by molar-refractivity contribution is -0.173. The van der Waals surface area contributed by atoms with Crippen molar-refractivity contribution < 1.29 is 41.8 Å². The predicted molar refractivity (Wildman–Crippen MR) is 246 cm³/mol. The third-order valence-corrected chi connectivity index (χ3v) is 12.0. The van der Waals surface area contributed by atoms with Crippen LogP contribution in [0.25, 0.3) is 0 Å². The van der Waals surface area contributed by atoms with E-state index in [1.807, 2.05) is 86.6 Å². The molecule has 0 spiro atoms. The van der Waals surface area contributed by atoms with Gasteiger partial charge in [0.15, 0.2) is 0 Å². The Morgan fingerprint density at radius 3 is 1.49 bits per heavy atom. The minimum Gasteiger partial charge on any atom is -0.494 e. The van der Waals surface area contributed by atoms with E-state index in [0.29, 0.717) is 36.0 Å². The van der Waals surface area contributed by atoms with Crippen LogP contribution in [0.4, 0.5) is 41.6 Å². The molecule has 12 nitrogen and oxygen atoms in total. The normalized spacial score (nSPS) is 14.6. The molecule has 0 saturated carbocycles. The molecule has 1 unspecified atom stereocenters. The van der Waals surface area contributed by atoms with Gasteiger partial charge >= 0.3 is 6.18 Å². The molecule has 0 aliphatic carbocycles. The maximum atomic E-state index is 15.1. The number of hydrogen-bond acceptors (Lipinski definition) is 10. The molecule has 8 rings (SSSR count). The van der Waals surface area contributed by atoms with Crippen LogP contribution in [0.2, 0.25) is 0 Å². The van der Waals surface area contributed by atoms with E-state index in [9.17, 15) is 19.2 Å². The van der Waals surface area contributed by atoms with Crippen molar-refractivity contribution in [2.45, 2.75) is 58.0 Å². The number of rotatable bonds is 16. The number of amides is 4. The molecule has 0 radical (unpaired) electrons. The van der Waals surface area contributed by atoms with Gasteiger partial charge in [0.25, 0.3) is 23.6 Å². The number of hydrogen-bond donors (Lipinski definition) is 0. The van der Waals surface area contributed by atoms with E-state index in [4.69, 9.17) is 9.47 Å². The largest absolute Gasteiger partial charge is 0.494 e. The lowest BCUT2D eigenvalue weighted by Crippen LogP contribution is -2.41.